The average molecular weight is 327 g/mol. The van der Waals surface area contributed by atoms with E-state index in [9.17, 15) is 0 Å². The standard InChI is InChI=1S/C17H21N5S/c1-3-4-5-14-15(22-11-19-10-20-22)16(23-17(18)21-14)13-8-6-12(2)7-9-13/h6-11,16H,3-5H2,1-2H3,(H2,18,21). The average Bonchev–Trinajstić information content (AvgIpc) is 3.07. The van der Waals surface area contributed by atoms with Gasteiger partial charge < -0.3 is 5.73 Å². The molecule has 0 saturated heterocycles. The summed E-state index contributed by atoms with van der Waals surface area (Å²) in [4.78, 5) is 8.70. The number of aromatic nitrogens is 3. The van der Waals surface area contributed by atoms with E-state index in [1.54, 1.807) is 24.4 Å². The second-order valence-corrected chi connectivity index (χ2v) is 6.76. The molecule has 0 amide bonds. The van der Waals surface area contributed by atoms with Crippen molar-refractivity contribution in [1.29, 1.82) is 0 Å². The van der Waals surface area contributed by atoms with Crippen molar-refractivity contribution in [3.05, 3.63) is 53.7 Å². The van der Waals surface area contributed by atoms with Crippen LogP contribution in [0, 0.1) is 6.92 Å². The fourth-order valence-electron chi connectivity index (χ4n) is 2.62. The Kier molecular flexibility index (Phi) is 4.81. The molecule has 3 rings (SSSR count). The summed E-state index contributed by atoms with van der Waals surface area (Å²) < 4.78 is 1.83. The Bertz CT molecular complexity index is 716. The third kappa shape index (κ3) is 3.47. The van der Waals surface area contributed by atoms with Crippen molar-refractivity contribution in [3.8, 4) is 0 Å². The van der Waals surface area contributed by atoms with Crippen molar-refractivity contribution in [3.63, 3.8) is 0 Å². The Morgan fingerprint density at radius 3 is 2.70 bits per heavy atom. The number of rotatable bonds is 5. The van der Waals surface area contributed by atoms with Gasteiger partial charge in [0.1, 0.15) is 12.7 Å². The molecule has 6 heteroatoms. The third-order valence-electron chi connectivity index (χ3n) is 3.84. The normalized spacial score (nSPS) is 18.2. The number of amidine groups is 1. The first-order chi connectivity index (χ1) is 11.2. The molecule has 1 aliphatic rings. The van der Waals surface area contributed by atoms with Crippen LogP contribution in [-0.2, 0) is 0 Å². The van der Waals surface area contributed by atoms with Crippen molar-refractivity contribution in [2.24, 2.45) is 10.7 Å². The van der Waals surface area contributed by atoms with E-state index in [-0.39, 0.29) is 5.25 Å². The van der Waals surface area contributed by atoms with Crippen LogP contribution < -0.4 is 5.73 Å². The molecule has 120 valence electrons. The number of nitrogens with two attached hydrogens (primary N) is 1. The molecule has 23 heavy (non-hydrogen) atoms. The molecule has 1 aromatic carbocycles. The fourth-order valence-corrected chi connectivity index (χ4v) is 3.68. The van der Waals surface area contributed by atoms with Crippen LogP contribution in [0.5, 0.6) is 0 Å². The zero-order chi connectivity index (χ0) is 16.2. The number of unbranched alkanes of at least 4 members (excludes halogenated alkanes) is 1. The Hall–Kier alpha value is -2.08. The largest absolute Gasteiger partial charge is 0.378 e. The molecule has 2 N–H and O–H groups in total. The summed E-state index contributed by atoms with van der Waals surface area (Å²) in [6.45, 7) is 4.27. The lowest BCUT2D eigenvalue weighted by molar-refractivity contribution is 0.760. The van der Waals surface area contributed by atoms with E-state index in [2.05, 4.69) is 53.2 Å². The smallest absolute Gasteiger partial charge is 0.159 e. The van der Waals surface area contributed by atoms with Crippen molar-refractivity contribution < 1.29 is 0 Å². The molecule has 0 bridgehead atoms. The van der Waals surface area contributed by atoms with Crippen LogP contribution in [0.2, 0.25) is 0 Å². The fraction of sp³-hybridized carbons (Fsp3) is 0.353. The summed E-state index contributed by atoms with van der Waals surface area (Å²) >= 11 is 1.57. The van der Waals surface area contributed by atoms with Gasteiger partial charge in [-0.15, -0.1) is 0 Å². The van der Waals surface area contributed by atoms with Gasteiger partial charge in [-0.05, 0) is 25.3 Å². The topological polar surface area (TPSA) is 69.1 Å². The highest BCUT2D eigenvalue weighted by Gasteiger charge is 2.28. The maximum absolute atomic E-state index is 6.10. The van der Waals surface area contributed by atoms with Crippen molar-refractivity contribution in [2.75, 3.05) is 0 Å². The van der Waals surface area contributed by atoms with Gasteiger partial charge in [-0.1, -0.05) is 54.9 Å². The molecule has 0 spiro atoms. The monoisotopic (exact) mass is 327 g/mol. The first-order valence-electron chi connectivity index (χ1n) is 7.84. The predicted octanol–water partition coefficient (Wildman–Crippen LogP) is 3.75. The lowest BCUT2D eigenvalue weighted by Gasteiger charge is -2.26. The molecule has 0 fully saturated rings. The molecular weight excluding hydrogens is 306 g/mol. The first kappa shape index (κ1) is 15.8. The summed E-state index contributed by atoms with van der Waals surface area (Å²) in [5.74, 6) is 0. The van der Waals surface area contributed by atoms with E-state index < -0.39 is 0 Å². The Balaban J connectivity index is 2.08. The zero-order valence-electron chi connectivity index (χ0n) is 13.4. The number of thioether (sulfide) groups is 1. The molecule has 1 unspecified atom stereocenters. The van der Waals surface area contributed by atoms with Gasteiger partial charge in [0.15, 0.2) is 5.17 Å². The summed E-state index contributed by atoms with van der Waals surface area (Å²) in [5, 5.41) is 5.04. The van der Waals surface area contributed by atoms with Gasteiger partial charge in [0, 0.05) is 0 Å². The molecule has 0 saturated carbocycles. The van der Waals surface area contributed by atoms with Crippen LogP contribution in [0.4, 0.5) is 0 Å². The van der Waals surface area contributed by atoms with E-state index in [0.29, 0.717) is 5.17 Å². The minimum Gasteiger partial charge on any atom is -0.378 e. The van der Waals surface area contributed by atoms with Gasteiger partial charge in [-0.2, -0.15) is 5.10 Å². The van der Waals surface area contributed by atoms with Gasteiger partial charge in [-0.3, -0.25) is 0 Å². The quantitative estimate of drug-likeness (QED) is 0.908. The highest BCUT2D eigenvalue weighted by atomic mass is 32.2. The van der Waals surface area contributed by atoms with Crippen LogP contribution in [-0.4, -0.2) is 19.9 Å². The molecule has 0 aliphatic carbocycles. The molecule has 2 aromatic rings. The summed E-state index contributed by atoms with van der Waals surface area (Å²) in [6.07, 6.45) is 6.39. The van der Waals surface area contributed by atoms with Gasteiger partial charge in [-0.25, -0.2) is 14.7 Å². The third-order valence-corrected chi connectivity index (χ3v) is 4.90. The van der Waals surface area contributed by atoms with Crippen molar-refractivity contribution in [1.82, 2.24) is 14.8 Å². The molecule has 1 aliphatic heterocycles. The summed E-state index contributed by atoms with van der Waals surface area (Å²) in [6, 6.07) is 8.56. The molecule has 5 nitrogen and oxygen atoms in total. The van der Waals surface area contributed by atoms with Crippen LogP contribution >= 0.6 is 11.8 Å². The van der Waals surface area contributed by atoms with Gasteiger partial charge in [0.2, 0.25) is 0 Å². The molecule has 2 heterocycles. The van der Waals surface area contributed by atoms with Gasteiger partial charge in [0.25, 0.3) is 0 Å². The van der Waals surface area contributed by atoms with Crippen molar-refractivity contribution in [2.45, 2.75) is 38.4 Å². The highest BCUT2D eigenvalue weighted by Crippen LogP contribution is 2.44. The summed E-state index contributed by atoms with van der Waals surface area (Å²) in [7, 11) is 0. The maximum Gasteiger partial charge on any atom is 0.159 e. The van der Waals surface area contributed by atoms with Crippen LogP contribution in [0.1, 0.15) is 42.6 Å². The summed E-state index contributed by atoms with van der Waals surface area (Å²) in [5.41, 5.74) is 10.6. The number of hydrogen-bond donors (Lipinski definition) is 1. The van der Waals surface area contributed by atoms with E-state index in [1.165, 1.54) is 11.1 Å². The van der Waals surface area contributed by atoms with Gasteiger partial charge >= 0.3 is 0 Å². The minimum absolute atomic E-state index is 0.0849. The lowest BCUT2D eigenvalue weighted by atomic mass is 10.0. The first-order valence-corrected chi connectivity index (χ1v) is 8.72. The second-order valence-electron chi connectivity index (χ2n) is 5.63. The zero-order valence-corrected chi connectivity index (χ0v) is 14.3. The SMILES string of the molecule is CCCCC1=C(n2cncn2)C(c2ccc(C)cc2)SC(N)=N1. The Morgan fingerprint density at radius 2 is 2.04 bits per heavy atom. The maximum atomic E-state index is 6.10. The predicted molar refractivity (Wildman–Crippen MR) is 95.9 cm³/mol. The molecule has 0 radical (unpaired) electrons. The lowest BCUT2D eigenvalue weighted by Crippen LogP contribution is -2.19. The van der Waals surface area contributed by atoms with E-state index in [0.717, 1.165) is 30.7 Å². The molecular formula is C17H21N5S. The van der Waals surface area contributed by atoms with Crippen LogP contribution in [0.25, 0.3) is 5.70 Å². The minimum atomic E-state index is 0.0849. The van der Waals surface area contributed by atoms with E-state index in [1.807, 2.05) is 4.68 Å². The van der Waals surface area contributed by atoms with Gasteiger partial charge in [0.05, 0.1) is 16.6 Å². The Morgan fingerprint density at radius 1 is 1.26 bits per heavy atom. The highest BCUT2D eigenvalue weighted by molar-refractivity contribution is 8.14. The number of nitrogens with zero attached hydrogens (tertiary/aromatic N) is 4. The number of benzene rings is 1. The number of hydrogen-bond acceptors (Lipinski definition) is 5. The number of aryl methyl sites for hydroxylation is 1. The van der Waals surface area contributed by atoms with E-state index in [4.69, 9.17) is 5.73 Å². The molecule has 1 aromatic heterocycles. The Labute approximate surface area is 140 Å². The number of allylic oxidation sites excluding steroid dienone is 1. The van der Waals surface area contributed by atoms with Crippen LogP contribution in [0.15, 0.2) is 47.6 Å². The molecule has 1 atom stereocenters. The second kappa shape index (κ2) is 7.00. The number of aliphatic imine (C=N–C) groups is 1. The van der Waals surface area contributed by atoms with Crippen molar-refractivity contribution >= 4 is 22.6 Å². The van der Waals surface area contributed by atoms with Crippen LogP contribution in [0.3, 0.4) is 0 Å². The van der Waals surface area contributed by atoms with E-state index >= 15 is 0 Å².